The fourth-order valence-corrected chi connectivity index (χ4v) is 5.39. The van der Waals surface area contributed by atoms with Gasteiger partial charge in [-0.2, -0.15) is 0 Å². The van der Waals surface area contributed by atoms with Crippen LogP contribution in [0.3, 0.4) is 0 Å². The first kappa shape index (κ1) is 34.1. The molecule has 0 heterocycles. The molecule has 46 heavy (non-hydrogen) atoms. The third kappa shape index (κ3) is 9.84. The molecule has 2 unspecified atom stereocenters. The highest BCUT2D eigenvalue weighted by atomic mass is 16.6. The Hall–Kier alpha value is -4.83. The highest BCUT2D eigenvalue weighted by Crippen LogP contribution is 2.34. The van der Waals surface area contributed by atoms with Gasteiger partial charge in [-0.15, -0.1) is 0 Å². The number of benzene rings is 3. The van der Waals surface area contributed by atoms with Crippen molar-refractivity contribution < 1.29 is 42.9 Å². The van der Waals surface area contributed by atoms with Gasteiger partial charge >= 0.3 is 17.9 Å². The minimum Gasteiger partial charge on any atom is -0.462 e. The highest BCUT2D eigenvalue weighted by molar-refractivity contribution is 5.91. The summed E-state index contributed by atoms with van der Waals surface area (Å²) in [7, 11) is 0. The van der Waals surface area contributed by atoms with Gasteiger partial charge in [0.25, 0.3) is 0 Å². The Kier molecular flexibility index (Phi) is 12.6. The first-order valence-corrected chi connectivity index (χ1v) is 15.3. The summed E-state index contributed by atoms with van der Waals surface area (Å²) in [4.78, 5) is 63.7. The number of ketones is 1. The van der Waals surface area contributed by atoms with Gasteiger partial charge in [0, 0.05) is 25.9 Å². The number of hydrogen-bond acceptors (Lipinski definition) is 9. The van der Waals surface area contributed by atoms with Crippen LogP contribution in [-0.2, 0) is 28.5 Å². The predicted octanol–water partition coefficient (Wildman–Crippen LogP) is 4.96. The second kappa shape index (κ2) is 17.0. The summed E-state index contributed by atoms with van der Waals surface area (Å²) < 4.78 is 24.1. The number of nitrogens with one attached hydrogen (secondary N) is 1. The molecule has 0 spiro atoms. The Morgan fingerprint density at radius 3 is 1.67 bits per heavy atom. The quantitative estimate of drug-likeness (QED) is 0.149. The lowest BCUT2D eigenvalue weighted by Crippen LogP contribution is -2.64. The van der Waals surface area contributed by atoms with Crippen LogP contribution in [0.4, 0.5) is 0 Å². The van der Waals surface area contributed by atoms with Crippen molar-refractivity contribution in [1.29, 1.82) is 0 Å². The zero-order valence-corrected chi connectivity index (χ0v) is 26.0. The zero-order chi connectivity index (χ0) is 32.9. The molecule has 1 aliphatic rings. The van der Waals surface area contributed by atoms with Crippen molar-refractivity contribution in [3.8, 4) is 0 Å². The van der Waals surface area contributed by atoms with Gasteiger partial charge in [-0.3, -0.25) is 4.79 Å². The third-order valence-electron chi connectivity index (χ3n) is 7.65. The zero-order valence-electron chi connectivity index (χ0n) is 26.0. The van der Waals surface area contributed by atoms with Crippen molar-refractivity contribution in [1.82, 2.24) is 5.32 Å². The summed E-state index contributed by atoms with van der Waals surface area (Å²) in [5, 5.41) is 2.86. The molecule has 1 fully saturated rings. The second-order valence-electron chi connectivity index (χ2n) is 11.2. The Balaban J connectivity index is 1.68. The van der Waals surface area contributed by atoms with Crippen LogP contribution in [0.25, 0.3) is 0 Å². The average Bonchev–Trinajstić information content (AvgIpc) is 3.06. The minimum atomic E-state index is -1.21. The van der Waals surface area contributed by atoms with Gasteiger partial charge < -0.3 is 29.1 Å². The molecule has 1 amide bonds. The van der Waals surface area contributed by atoms with Crippen LogP contribution in [0.2, 0.25) is 0 Å². The van der Waals surface area contributed by atoms with E-state index in [1.807, 2.05) is 0 Å². The summed E-state index contributed by atoms with van der Waals surface area (Å²) >= 11 is 0. The monoisotopic (exact) mass is 629 g/mol. The molecule has 0 radical (unpaired) electrons. The molecule has 0 aliphatic heterocycles. The maximum absolute atomic E-state index is 13.4. The number of amides is 1. The van der Waals surface area contributed by atoms with Gasteiger partial charge in [-0.25, -0.2) is 14.4 Å². The van der Waals surface area contributed by atoms with E-state index in [4.69, 9.17) is 18.9 Å². The lowest BCUT2D eigenvalue weighted by Gasteiger charge is -2.45. The molecule has 242 valence electrons. The molecular weight excluding hydrogens is 590 g/mol. The van der Waals surface area contributed by atoms with Crippen LogP contribution in [0, 0.1) is 5.92 Å². The van der Waals surface area contributed by atoms with Gasteiger partial charge in [-0.05, 0) is 62.6 Å². The Morgan fingerprint density at radius 2 is 1.17 bits per heavy atom. The van der Waals surface area contributed by atoms with Crippen LogP contribution >= 0.6 is 0 Å². The fourth-order valence-electron chi connectivity index (χ4n) is 5.39. The second-order valence-corrected chi connectivity index (χ2v) is 11.2. The van der Waals surface area contributed by atoms with Gasteiger partial charge in [0.1, 0.15) is 11.9 Å². The topological polar surface area (TPSA) is 134 Å². The van der Waals surface area contributed by atoms with Crippen molar-refractivity contribution in [2.45, 2.75) is 63.9 Å². The predicted molar refractivity (Wildman–Crippen MR) is 168 cm³/mol. The highest BCUT2D eigenvalue weighted by Gasteiger charge is 2.50. The molecule has 3 aromatic rings. The minimum absolute atomic E-state index is 0.0741. The van der Waals surface area contributed by atoms with E-state index in [-0.39, 0.29) is 36.5 Å². The number of carbonyl (C=O) groups excluding carboxylic acids is 5. The van der Waals surface area contributed by atoms with Crippen LogP contribution in [0.5, 0.6) is 0 Å². The first-order chi connectivity index (χ1) is 22.2. The normalized spacial score (nSPS) is 20.6. The van der Waals surface area contributed by atoms with Crippen LogP contribution in [0.1, 0.15) is 70.6 Å². The Morgan fingerprint density at radius 1 is 0.674 bits per heavy atom. The molecule has 0 saturated heterocycles. The summed E-state index contributed by atoms with van der Waals surface area (Å²) in [6.07, 6.45) is -1.23. The van der Waals surface area contributed by atoms with Gasteiger partial charge in [0.05, 0.1) is 35.4 Å². The molecule has 3 aromatic carbocycles. The fraction of sp³-hybridized carbons (Fsp3) is 0.361. The van der Waals surface area contributed by atoms with E-state index in [9.17, 15) is 24.0 Å². The molecule has 0 bridgehead atoms. The van der Waals surface area contributed by atoms with Crippen molar-refractivity contribution in [2.24, 2.45) is 5.92 Å². The van der Waals surface area contributed by atoms with Crippen LogP contribution in [-0.4, -0.2) is 67.2 Å². The van der Waals surface area contributed by atoms with Crippen LogP contribution < -0.4 is 5.32 Å². The van der Waals surface area contributed by atoms with Crippen molar-refractivity contribution in [3.63, 3.8) is 0 Å². The van der Waals surface area contributed by atoms with E-state index < -0.39 is 54.1 Å². The van der Waals surface area contributed by atoms with Crippen molar-refractivity contribution >= 4 is 29.6 Å². The lowest BCUT2D eigenvalue weighted by atomic mass is 9.79. The summed E-state index contributed by atoms with van der Waals surface area (Å²) in [6, 6.07) is 24.2. The van der Waals surface area contributed by atoms with E-state index in [1.54, 1.807) is 91.0 Å². The van der Waals surface area contributed by atoms with E-state index in [0.29, 0.717) is 24.8 Å². The molecule has 5 atom stereocenters. The molecule has 10 heteroatoms. The number of carbonyl (C=O) groups is 5. The number of unbranched alkanes of at least 4 members (excludes halogenated alkanes) is 1. The van der Waals surface area contributed by atoms with Crippen molar-refractivity contribution in [3.05, 3.63) is 108 Å². The number of Topliss-reactive ketones (excluding diaryl/α,β-unsaturated/α-hetero) is 1. The van der Waals surface area contributed by atoms with Gasteiger partial charge in [0.2, 0.25) is 5.91 Å². The molecule has 0 aromatic heterocycles. The molecule has 4 rings (SSSR count). The maximum atomic E-state index is 13.4. The summed E-state index contributed by atoms with van der Waals surface area (Å²) in [6.45, 7) is 2.94. The number of esters is 3. The van der Waals surface area contributed by atoms with E-state index in [0.717, 1.165) is 0 Å². The number of rotatable bonds is 14. The smallest absolute Gasteiger partial charge is 0.338 e. The Labute approximate surface area is 268 Å². The van der Waals surface area contributed by atoms with Crippen LogP contribution in [0.15, 0.2) is 91.0 Å². The Bertz CT molecular complexity index is 1460. The van der Waals surface area contributed by atoms with Gasteiger partial charge in [-0.1, -0.05) is 54.6 Å². The number of hydrogen-bond donors (Lipinski definition) is 1. The maximum Gasteiger partial charge on any atom is 0.338 e. The molecule has 1 N–H and O–H groups in total. The van der Waals surface area contributed by atoms with Gasteiger partial charge in [0.15, 0.2) is 6.10 Å². The number of ether oxygens (including phenoxy) is 4. The first-order valence-electron chi connectivity index (χ1n) is 15.3. The van der Waals surface area contributed by atoms with E-state index >= 15 is 0 Å². The summed E-state index contributed by atoms with van der Waals surface area (Å²) in [5.41, 5.74) is 0.879. The molecule has 10 nitrogen and oxygen atoms in total. The standard InChI is InChI=1S/C36H39NO9/c1-24(38)14-12-13-21-43-30-22-29(23-44-34(40)26-15-6-3-7-16-26)32(45-35(41)27-17-8-4-9-18-27)33(31(30)37-25(2)39)46-36(42)28-19-10-5-11-20-28/h3-11,15-20,29-33H,12-14,21-23H2,1-2H3,(H,37,39)/t29?,30-,31?,32+,33-/m1/s1. The third-order valence-corrected chi connectivity index (χ3v) is 7.65. The average molecular weight is 630 g/mol. The van der Waals surface area contributed by atoms with E-state index in [1.165, 1.54) is 13.8 Å². The molecular formula is C36H39NO9. The molecule has 1 aliphatic carbocycles. The van der Waals surface area contributed by atoms with E-state index in [2.05, 4.69) is 5.32 Å². The summed E-state index contributed by atoms with van der Waals surface area (Å²) in [5.74, 6) is -2.94. The SMILES string of the molecule is CC(=O)CCCCO[C@@H]1CC(COC(=O)c2ccccc2)[C@H](OC(=O)c2ccccc2)[C@H](OC(=O)c2ccccc2)C1NC(C)=O. The van der Waals surface area contributed by atoms with Crippen molar-refractivity contribution in [2.75, 3.05) is 13.2 Å². The molecule has 1 saturated carbocycles. The lowest BCUT2D eigenvalue weighted by molar-refractivity contribution is -0.147. The largest absolute Gasteiger partial charge is 0.462 e.